The summed E-state index contributed by atoms with van der Waals surface area (Å²) in [5.74, 6) is 0.813. The van der Waals surface area contributed by atoms with Crippen molar-refractivity contribution in [1.29, 1.82) is 0 Å². The second-order valence-electron chi connectivity index (χ2n) is 6.44. The van der Waals surface area contributed by atoms with Crippen LogP contribution in [0.25, 0.3) is 26.4 Å². The van der Waals surface area contributed by atoms with Crippen LogP contribution in [0.3, 0.4) is 0 Å². The fourth-order valence-electron chi connectivity index (χ4n) is 3.24. The van der Waals surface area contributed by atoms with E-state index in [1.54, 1.807) is 17.7 Å². The largest absolute Gasteiger partial charge is 0.367 e. The van der Waals surface area contributed by atoms with E-state index in [0.29, 0.717) is 0 Å². The SMILES string of the molecule is Cc1cnc2c(NCCc3cnc[nH]3)nc3cc(-c4ccccc4)sc3n12. The first-order valence-corrected chi connectivity index (χ1v) is 9.65. The number of hydrogen-bond donors (Lipinski definition) is 2. The molecule has 5 rings (SSSR count). The average molecular weight is 374 g/mol. The van der Waals surface area contributed by atoms with Crippen molar-refractivity contribution in [2.24, 2.45) is 0 Å². The van der Waals surface area contributed by atoms with Gasteiger partial charge in [-0.05, 0) is 18.6 Å². The van der Waals surface area contributed by atoms with Crippen molar-refractivity contribution in [3.05, 3.63) is 66.5 Å². The van der Waals surface area contributed by atoms with Crippen molar-refractivity contribution in [1.82, 2.24) is 24.3 Å². The summed E-state index contributed by atoms with van der Waals surface area (Å²) in [6.07, 6.45) is 6.30. The van der Waals surface area contributed by atoms with Crippen LogP contribution in [0.15, 0.2) is 55.1 Å². The second kappa shape index (κ2) is 6.51. The summed E-state index contributed by atoms with van der Waals surface area (Å²) in [5.41, 5.74) is 5.26. The molecule has 0 aliphatic rings. The lowest BCUT2D eigenvalue weighted by molar-refractivity contribution is 0.968. The Bertz CT molecular complexity index is 1200. The molecule has 0 fully saturated rings. The number of rotatable bonds is 5. The Labute approximate surface area is 159 Å². The van der Waals surface area contributed by atoms with Gasteiger partial charge in [0.05, 0.1) is 6.33 Å². The molecule has 0 unspecified atom stereocenters. The Morgan fingerprint density at radius 1 is 1.19 bits per heavy atom. The van der Waals surface area contributed by atoms with Crippen LogP contribution in [0.1, 0.15) is 11.4 Å². The first kappa shape index (κ1) is 16.0. The molecule has 4 aromatic heterocycles. The Kier molecular flexibility index (Phi) is 3.86. The van der Waals surface area contributed by atoms with E-state index >= 15 is 0 Å². The monoisotopic (exact) mass is 374 g/mol. The van der Waals surface area contributed by atoms with E-state index in [9.17, 15) is 0 Å². The molecule has 5 aromatic rings. The number of aryl methyl sites for hydroxylation is 1. The Hall–Kier alpha value is -3.19. The van der Waals surface area contributed by atoms with Crippen molar-refractivity contribution in [2.75, 3.05) is 11.9 Å². The van der Waals surface area contributed by atoms with E-state index in [2.05, 4.69) is 61.9 Å². The first-order valence-electron chi connectivity index (χ1n) is 8.84. The first-order chi connectivity index (χ1) is 13.3. The predicted molar refractivity (Wildman–Crippen MR) is 109 cm³/mol. The highest BCUT2D eigenvalue weighted by Crippen LogP contribution is 2.35. The Morgan fingerprint density at radius 2 is 2.07 bits per heavy atom. The number of benzene rings is 1. The summed E-state index contributed by atoms with van der Waals surface area (Å²) in [6, 6.07) is 12.6. The van der Waals surface area contributed by atoms with E-state index in [1.165, 1.54) is 10.4 Å². The summed E-state index contributed by atoms with van der Waals surface area (Å²) in [6.45, 7) is 2.84. The van der Waals surface area contributed by atoms with Gasteiger partial charge in [-0.3, -0.25) is 4.40 Å². The molecular formula is C20H18N6S. The van der Waals surface area contributed by atoms with Crippen LogP contribution in [0.5, 0.6) is 0 Å². The normalized spacial score (nSPS) is 11.4. The van der Waals surface area contributed by atoms with Gasteiger partial charge < -0.3 is 10.3 Å². The standard InChI is InChI=1S/C20H18N6S/c1-13-10-23-19-18(22-8-7-15-11-21-12-24-15)25-16-9-17(27-20(16)26(13)19)14-5-3-2-4-6-14/h2-6,9-12H,7-8H2,1H3,(H,21,24)(H,22,25). The zero-order chi connectivity index (χ0) is 18.2. The van der Waals surface area contributed by atoms with Crippen LogP contribution in [0, 0.1) is 6.92 Å². The minimum atomic E-state index is 0.762. The smallest absolute Gasteiger partial charge is 0.181 e. The quantitative estimate of drug-likeness (QED) is 0.481. The van der Waals surface area contributed by atoms with Crippen LogP contribution in [0.2, 0.25) is 0 Å². The molecule has 0 amide bonds. The van der Waals surface area contributed by atoms with Crippen LogP contribution in [-0.4, -0.2) is 30.9 Å². The molecule has 0 bridgehead atoms. The fraction of sp³-hybridized carbons (Fsp3) is 0.150. The number of aromatic amines is 1. The molecule has 0 atom stereocenters. The number of anilines is 1. The molecule has 6 nitrogen and oxygen atoms in total. The van der Waals surface area contributed by atoms with E-state index in [4.69, 9.17) is 4.98 Å². The van der Waals surface area contributed by atoms with Crippen LogP contribution in [-0.2, 0) is 6.42 Å². The van der Waals surface area contributed by atoms with Gasteiger partial charge in [0.25, 0.3) is 0 Å². The molecule has 0 spiro atoms. The number of aromatic nitrogens is 5. The molecule has 0 radical (unpaired) electrons. The maximum absolute atomic E-state index is 4.87. The van der Waals surface area contributed by atoms with Gasteiger partial charge in [-0.15, -0.1) is 11.3 Å². The minimum Gasteiger partial charge on any atom is -0.367 e. The van der Waals surface area contributed by atoms with E-state index < -0.39 is 0 Å². The Balaban J connectivity index is 1.56. The molecule has 4 heterocycles. The molecule has 0 saturated heterocycles. The number of H-pyrrole nitrogens is 1. The summed E-state index contributed by atoms with van der Waals surface area (Å²) >= 11 is 1.75. The predicted octanol–water partition coefficient (Wildman–Crippen LogP) is 4.30. The van der Waals surface area contributed by atoms with Gasteiger partial charge in [-0.25, -0.2) is 15.0 Å². The van der Waals surface area contributed by atoms with Gasteiger partial charge in [-0.2, -0.15) is 0 Å². The molecule has 134 valence electrons. The molecule has 27 heavy (non-hydrogen) atoms. The summed E-state index contributed by atoms with van der Waals surface area (Å²) in [7, 11) is 0. The number of nitrogens with zero attached hydrogens (tertiary/aromatic N) is 4. The molecule has 7 heteroatoms. The lowest BCUT2D eigenvalue weighted by Crippen LogP contribution is -2.08. The van der Waals surface area contributed by atoms with Crippen molar-refractivity contribution < 1.29 is 0 Å². The second-order valence-corrected chi connectivity index (χ2v) is 7.47. The minimum absolute atomic E-state index is 0.762. The summed E-state index contributed by atoms with van der Waals surface area (Å²) in [4.78, 5) is 19.0. The van der Waals surface area contributed by atoms with Crippen LogP contribution in [0.4, 0.5) is 5.82 Å². The maximum Gasteiger partial charge on any atom is 0.181 e. The number of imidazole rings is 2. The van der Waals surface area contributed by atoms with Crippen LogP contribution < -0.4 is 5.32 Å². The molecule has 0 aliphatic heterocycles. The molecule has 2 N–H and O–H groups in total. The third-order valence-corrected chi connectivity index (χ3v) is 5.74. The third-order valence-electron chi connectivity index (χ3n) is 4.58. The van der Waals surface area contributed by atoms with Crippen molar-refractivity contribution in [2.45, 2.75) is 13.3 Å². The highest BCUT2D eigenvalue weighted by molar-refractivity contribution is 7.21. The number of thiophene rings is 1. The maximum atomic E-state index is 4.87. The van der Waals surface area contributed by atoms with Gasteiger partial charge in [-0.1, -0.05) is 30.3 Å². The number of hydrogen-bond acceptors (Lipinski definition) is 5. The van der Waals surface area contributed by atoms with Gasteiger partial charge in [0.2, 0.25) is 0 Å². The molecule has 1 aromatic carbocycles. The molecule has 0 aliphatic carbocycles. The van der Waals surface area contributed by atoms with Crippen molar-refractivity contribution in [3.63, 3.8) is 0 Å². The highest BCUT2D eigenvalue weighted by atomic mass is 32.1. The van der Waals surface area contributed by atoms with Gasteiger partial charge in [0.15, 0.2) is 11.5 Å². The zero-order valence-corrected chi connectivity index (χ0v) is 15.6. The van der Waals surface area contributed by atoms with Crippen molar-refractivity contribution in [3.8, 4) is 10.4 Å². The zero-order valence-electron chi connectivity index (χ0n) is 14.8. The molecular weight excluding hydrogens is 356 g/mol. The fourth-order valence-corrected chi connectivity index (χ4v) is 4.41. The average Bonchev–Trinajstić information content (AvgIpc) is 3.42. The lowest BCUT2D eigenvalue weighted by Gasteiger charge is -2.08. The van der Waals surface area contributed by atoms with Gasteiger partial charge >= 0.3 is 0 Å². The van der Waals surface area contributed by atoms with Crippen LogP contribution >= 0.6 is 11.3 Å². The van der Waals surface area contributed by atoms with E-state index in [-0.39, 0.29) is 0 Å². The van der Waals surface area contributed by atoms with Crippen molar-refractivity contribution >= 4 is 33.1 Å². The summed E-state index contributed by atoms with van der Waals surface area (Å²) in [5, 5.41) is 3.44. The van der Waals surface area contributed by atoms with Gasteiger partial charge in [0, 0.05) is 41.6 Å². The van der Waals surface area contributed by atoms with E-state index in [0.717, 1.165) is 46.2 Å². The topological polar surface area (TPSA) is 70.9 Å². The van der Waals surface area contributed by atoms with Gasteiger partial charge in [0.1, 0.15) is 10.3 Å². The summed E-state index contributed by atoms with van der Waals surface area (Å²) < 4.78 is 2.19. The lowest BCUT2D eigenvalue weighted by atomic mass is 10.2. The third kappa shape index (κ3) is 2.86. The van der Waals surface area contributed by atoms with E-state index in [1.807, 2.05) is 18.5 Å². The number of nitrogens with one attached hydrogen (secondary N) is 2. The molecule has 0 saturated carbocycles. The number of fused-ring (bicyclic) bond motifs is 3. The highest BCUT2D eigenvalue weighted by Gasteiger charge is 2.15. The Morgan fingerprint density at radius 3 is 2.89 bits per heavy atom.